The number of aryl methyl sites for hydroxylation is 1. The minimum atomic E-state index is -4.52. The zero-order chi connectivity index (χ0) is 24.2. The highest BCUT2D eigenvalue weighted by Gasteiger charge is 2.31. The molecule has 0 saturated carbocycles. The van der Waals surface area contributed by atoms with Gasteiger partial charge in [0.25, 0.3) is 0 Å². The van der Waals surface area contributed by atoms with Gasteiger partial charge in [-0.2, -0.15) is 26.3 Å². The second-order valence-corrected chi connectivity index (χ2v) is 7.39. The lowest BCUT2D eigenvalue weighted by Gasteiger charge is -2.08. The molecule has 0 radical (unpaired) electrons. The van der Waals surface area contributed by atoms with Gasteiger partial charge in [-0.1, -0.05) is 30.7 Å². The first-order valence-corrected chi connectivity index (χ1v) is 10.0. The molecule has 1 heterocycles. The second kappa shape index (κ2) is 9.68. The Hall–Kier alpha value is -3.30. The van der Waals surface area contributed by atoms with Crippen LogP contribution in [0.3, 0.4) is 0 Å². The maximum Gasteiger partial charge on any atom is 0.416 e. The van der Waals surface area contributed by atoms with Crippen molar-refractivity contribution in [3.05, 3.63) is 65.5 Å². The van der Waals surface area contributed by atoms with Crippen molar-refractivity contribution in [2.45, 2.75) is 44.5 Å². The number of aromatic nitrogens is 1. The smallest absolute Gasteiger partial charge is 0.416 e. The van der Waals surface area contributed by atoms with Crippen molar-refractivity contribution in [3.63, 3.8) is 0 Å². The fourth-order valence-electron chi connectivity index (χ4n) is 3.22. The van der Waals surface area contributed by atoms with Crippen molar-refractivity contribution in [2.75, 3.05) is 0 Å². The molecule has 0 atom stereocenters. The third kappa shape index (κ3) is 6.36. The standard InChI is InChI=1S/C23H19F6NO3/c24-22(25,26)16-10-6-14(7-11-16)20-21(15-8-12-17(13-9-15)23(27,28)29)33-18(30-20)4-2-1-3-5-19(31)32/h6-13H,1-5H2,(H,31,32). The van der Waals surface area contributed by atoms with E-state index >= 15 is 0 Å². The molecule has 176 valence electrons. The largest absolute Gasteiger partial charge is 0.481 e. The van der Waals surface area contributed by atoms with Crippen LogP contribution in [0.5, 0.6) is 0 Å². The van der Waals surface area contributed by atoms with E-state index in [0.29, 0.717) is 36.8 Å². The van der Waals surface area contributed by atoms with Crippen LogP contribution in [-0.2, 0) is 23.6 Å². The molecular formula is C23H19F6NO3. The highest BCUT2D eigenvalue weighted by molar-refractivity contribution is 5.77. The molecule has 1 N–H and O–H groups in total. The lowest BCUT2D eigenvalue weighted by molar-refractivity contribution is -0.138. The van der Waals surface area contributed by atoms with E-state index in [1.807, 2.05) is 0 Å². The van der Waals surface area contributed by atoms with Gasteiger partial charge in [0.15, 0.2) is 11.7 Å². The Morgan fingerprint density at radius 3 is 1.79 bits per heavy atom. The van der Waals surface area contributed by atoms with Gasteiger partial charge in [0.1, 0.15) is 5.69 Å². The van der Waals surface area contributed by atoms with Crippen molar-refractivity contribution >= 4 is 5.97 Å². The Morgan fingerprint density at radius 2 is 1.30 bits per heavy atom. The lowest BCUT2D eigenvalue weighted by Crippen LogP contribution is -2.04. The van der Waals surface area contributed by atoms with Crippen LogP contribution in [0, 0.1) is 0 Å². The number of halogens is 6. The van der Waals surface area contributed by atoms with Gasteiger partial charge in [-0.3, -0.25) is 4.79 Å². The highest BCUT2D eigenvalue weighted by atomic mass is 19.4. The zero-order valence-electron chi connectivity index (χ0n) is 17.1. The number of carboxylic acids is 1. The van der Waals surface area contributed by atoms with E-state index in [0.717, 1.165) is 24.3 Å². The van der Waals surface area contributed by atoms with Crippen LogP contribution in [0.15, 0.2) is 52.9 Å². The van der Waals surface area contributed by atoms with Gasteiger partial charge in [0, 0.05) is 24.0 Å². The third-order valence-electron chi connectivity index (χ3n) is 4.91. The van der Waals surface area contributed by atoms with E-state index < -0.39 is 29.4 Å². The van der Waals surface area contributed by atoms with Crippen LogP contribution in [0.2, 0.25) is 0 Å². The number of carbonyl (C=O) groups is 1. The number of hydrogen-bond acceptors (Lipinski definition) is 3. The number of oxazole rings is 1. The molecule has 3 aromatic rings. The monoisotopic (exact) mass is 471 g/mol. The molecule has 0 saturated heterocycles. The van der Waals surface area contributed by atoms with Crippen molar-refractivity contribution in [2.24, 2.45) is 0 Å². The van der Waals surface area contributed by atoms with E-state index in [9.17, 15) is 31.1 Å². The summed E-state index contributed by atoms with van der Waals surface area (Å²) in [5, 5.41) is 8.69. The summed E-state index contributed by atoms with van der Waals surface area (Å²) in [5.41, 5.74) is -0.865. The number of nitrogens with zero attached hydrogens (tertiary/aromatic N) is 1. The first kappa shape index (κ1) is 24.3. The van der Waals surface area contributed by atoms with Crippen LogP contribution in [0.4, 0.5) is 26.3 Å². The molecule has 10 heteroatoms. The molecule has 4 nitrogen and oxygen atoms in total. The minimum absolute atomic E-state index is 0.0270. The van der Waals surface area contributed by atoms with E-state index in [1.165, 1.54) is 24.3 Å². The summed E-state index contributed by atoms with van der Waals surface area (Å²) >= 11 is 0. The molecule has 0 bridgehead atoms. The van der Waals surface area contributed by atoms with Crippen LogP contribution in [-0.4, -0.2) is 16.1 Å². The Morgan fingerprint density at radius 1 is 0.788 bits per heavy atom. The maximum atomic E-state index is 12.9. The summed E-state index contributed by atoms with van der Waals surface area (Å²) in [6.45, 7) is 0. The first-order valence-electron chi connectivity index (χ1n) is 10.0. The fraction of sp³-hybridized carbons (Fsp3) is 0.304. The number of unbranched alkanes of at least 4 members (excludes halogenated alkanes) is 2. The molecule has 3 rings (SSSR count). The van der Waals surface area contributed by atoms with Crippen LogP contribution >= 0.6 is 0 Å². The molecule has 0 unspecified atom stereocenters. The quantitative estimate of drug-likeness (QED) is 0.278. The van der Waals surface area contributed by atoms with Gasteiger partial charge in [0.05, 0.1) is 11.1 Å². The predicted octanol–water partition coefficient (Wildman–Crippen LogP) is 7.23. The Labute approximate surface area is 184 Å². The normalized spacial score (nSPS) is 12.2. The Bertz CT molecular complexity index is 1010. The average Bonchev–Trinajstić information content (AvgIpc) is 3.16. The van der Waals surface area contributed by atoms with Gasteiger partial charge < -0.3 is 9.52 Å². The van der Waals surface area contributed by atoms with Crippen LogP contribution < -0.4 is 0 Å². The van der Waals surface area contributed by atoms with Crippen LogP contribution in [0.25, 0.3) is 22.6 Å². The zero-order valence-corrected chi connectivity index (χ0v) is 17.1. The first-order chi connectivity index (χ1) is 15.4. The van der Waals surface area contributed by atoms with E-state index in [4.69, 9.17) is 9.52 Å². The summed E-state index contributed by atoms with van der Waals surface area (Å²) in [5.74, 6) is -0.501. The topological polar surface area (TPSA) is 63.3 Å². The Balaban J connectivity index is 1.91. The van der Waals surface area contributed by atoms with E-state index in [-0.39, 0.29) is 23.8 Å². The SMILES string of the molecule is O=C(O)CCCCCc1nc(-c2ccc(C(F)(F)F)cc2)c(-c2ccc(C(F)(F)F)cc2)o1. The molecule has 0 aliphatic heterocycles. The molecule has 1 aromatic heterocycles. The Kier molecular flexibility index (Phi) is 7.14. The molecule has 0 fully saturated rings. The van der Waals surface area contributed by atoms with Gasteiger partial charge in [0.2, 0.25) is 0 Å². The summed E-state index contributed by atoms with van der Waals surface area (Å²) in [6.07, 6.45) is -7.04. The molecule has 33 heavy (non-hydrogen) atoms. The third-order valence-corrected chi connectivity index (χ3v) is 4.91. The molecule has 0 spiro atoms. The van der Waals surface area contributed by atoms with Gasteiger partial charge in [-0.05, 0) is 37.1 Å². The average molecular weight is 471 g/mol. The number of carboxylic acid groups (broad SMARTS) is 1. The molecular weight excluding hydrogens is 452 g/mol. The molecule has 2 aromatic carbocycles. The highest BCUT2D eigenvalue weighted by Crippen LogP contribution is 2.37. The number of benzene rings is 2. The number of alkyl halides is 6. The minimum Gasteiger partial charge on any atom is -0.481 e. The summed E-state index contributed by atoms with van der Waals surface area (Å²) in [4.78, 5) is 15.0. The molecule has 0 aliphatic rings. The van der Waals surface area contributed by atoms with E-state index in [1.54, 1.807) is 0 Å². The van der Waals surface area contributed by atoms with Crippen molar-refractivity contribution in [1.82, 2.24) is 4.98 Å². The van der Waals surface area contributed by atoms with Crippen molar-refractivity contribution in [3.8, 4) is 22.6 Å². The molecule has 0 amide bonds. The second-order valence-electron chi connectivity index (χ2n) is 7.39. The van der Waals surface area contributed by atoms with Gasteiger partial charge in [-0.15, -0.1) is 0 Å². The van der Waals surface area contributed by atoms with Crippen molar-refractivity contribution in [1.29, 1.82) is 0 Å². The number of hydrogen-bond donors (Lipinski definition) is 1. The fourth-order valence-corrected chi connectivity index (χ4v) is 3.22. The summed E-state index contributed by atoms with van der Waals surface area (Å²) in [6, 6.07) is 8.45. The van der Waals surface area contributed by atoms with Crippen molar-refractivity contribution < 1.29 is 40.7 Å². The van der Waals surface area contributed by atoms with E-state index in [2.05, 4.69) is 4.98 Å². The van der Waals surface area contributed by atoms with Gasteiger partial charge >= 0.3 is 18.3 Å². The maximum absolute atomic E-state index is 12.9. The summed E-state index contributed by atoms with van der Waals surface area (Å²) in [7, 11) is 0. The predicted molar refractivity (Wildman–Crippen MR) is 107 cm³/mol. The number of rotatable bonds is 8. The van der Waals surface area contributed by atoms with Gasteiger partial charge in [-0.25, -0.2) is 4.98 Å². The van der Waals surface area contributed by atoms with Crippen LogP contribution in [0.1, 0.15) is 42.7 Å². The lowest BCUT2D eigenvalue weighted by atomic mass is 10.0. The molecule has 0 aliphatic carbocycles. The number of aliphatic carboxylic acids is 1. The summed E-state index contributed by atoms with van der Waals surface area (Å²) < 4.78 is 83.1.